The fraction of sp³-hybridized carbons (Fsp3) is 0.353. The number of sulfone groups is 1. The predicted octanol–water partition coefficient (Wildman–Crippen LogP) is 2.12. The maximum absolute atomic E-state index is 12.3. The minimum atomic E-state index is -3.29. The standard InChI is InChI=1S/C17H24N4O2S.HI/c1-18-17(21(3)14-15-8-7-12-20(15)2)19-11-13-24(22,23)16-9-5-4-6-10-16;/h4-10,12H,11,13-14H2,1-3H3,(H,18,19);1H. The topological polar surface area (TPSA) is 66.7 Å². The van der Waals surface area contributed by atoms with Gasteiger partial charge in [-0.1, -0.05) is 18.2 Å². The second-order valence-corrected chi connectivity index (χ2v) is 7.68. The third-order valence-corrected chi connectivity index (χ3v) is 5.51. The summed E-state index contributed by atoms with van der Waals surface area (Å²) >= 11 is 0. The SMILES string of the molecule is CN=C(NCCS(=O)(=O)c1ccccc1)N(C)Cc1cccn1C.I. The van der Waals surface area contributed by atoms with E-state index in [0.717, 1.165) is 5.69 Å². The molecule has 6 nitrogen and oxygen atoms in total. The van der Waals surface area contributed by atoms with Gasteiger partial charge >= 0.3 is 0 Å². The molecule has 2 rings (SSSR count). The zero-order valence-electron chi connectivity index (χ0n) is 14.7. The quantitative estimate of drug-likeness (QED) is 0.394. The number of guanidine groups is 1. The largest absolute Gasteiger partial charge is 0.355 e. The highest BCUT2D eigenvalue weighted by Gasteiger charge is 2.14. The number of nitrogens with one attached hydrogen (secondary N) is 1. The maximum atomic E-state index is 12.3. The molecule has 25 heavy (non-hydrogen) atoms. The first kappa shape index (κ1) is 21.5. The number of benzene rings is 1. The number of aromatic nitrogens is 1. The molecule has 0 aliphatic heterocycles. The Morgan fingerprint density at radius 2 is 1.88 bits per heavy atom. The van der Waals surface area contributed by atoms with Gasteiger partial charge in [-0.25, -0.2) is 8.42 Å². The van der Waals surface area contributed by atoms with Gasteiger partial charge in [0.1, 0.15) is 0 Å². The van der Waals surface area contributed by atoms with Crippen molar-refractivity contribution in [1.82, 2.24) is 14.8 Å². The van der Waals surface area contributed by atoms with E-state index in [1.54, 1.807) is 37.4 Å². The molecule has 0 fully saturated rings. The van der Waals surface area contributed by atoms with Crippen LogP contribution >= 0.6 is 24.0 Å². The van der Waals surface area contributed by atoms with Gasteiger partial charge in [-0.2, -0.15) is 0 Å². The molecule has 0 atom stereocenters. The maximum Gasteiger partial charge on any atom is 0.193 e. The normalized spacial score (nSPS) is 11.7. The Kier molecular flexibility index (Phi) is 8.43. The Balaban J connectivity index is 0.00000312. The lowest BCUT2D eigenvalue weighted by Gasteiger charge is -2.22. The van der Waals surface area contributed by atoms with Gasteiger partial charge in [0.2, 0.25) is 0 Å². The van der Waals surface area contributed by atoms with Crippen LogP contribution in [0.5, 0.6) is 0 Å². The summed E-state index contributed by atoms with van der Waals surface area (Å²) in [7, 11) is 2.32. The van der Waals surface area contributed by atoms with Crippen molar-refractivity contribution in [3.63, 3.8) is 0 Å². The lowest BCUT2D eigenvalue weighted by Crippen LogP contribution is -2.40. The van der Waals surface area contributed by atoms with Crippen LogP contribution in [0, 0.1) is 0 Å². The van der Waals surface area contributed by atoms with Crippen molar-refractivity contribution in [3.05, 3.63) is 54.4 Å². The number of aliphatic imine (C=N–C) groups is 1. The van der Waals surface area contributed by atoms with Gasteiger partial charge in [-0.3, -0.25) is 4.99 Å². The summed E-state index contributed by atoms with van der Waals surface area (Å²) in [6.45, 7) is 0.996. The highest BCUT2D eigenvalue weighted by Crippen LogP contribution is 2.09. The minimum absolute atomic E-state index is 0. The lowest BCUT2D eigenvalue weighted by atomic mass is 10.4. The van der Waals surface area contributed by atoms with E-state index in [-0.39, 0.29) is 29.7 Å². The zero-order valence-corrected chi connectivity index (χ0v) is 17.9. The second-order valence-electron chi connectivity index (χ2n) is 5.57. The summed E-state index contributed by atoms with van der Waals surface area (Å²) in [6.07, 6.45) is 1.99. The number of aryl methyl sites for hydroxylation is 1. The molecule has 2 aromatic rings. The number of hydrogen-bond acceptors (Lipinski definition) is 3. The van der Waals surface area contributed by atoms with E-state index in [4.69, 9.17) is 0 Å². The molecular formula is C17H25IN4O2S. The van der Waals surface area contributed by atoms with Crippen LogP contribution in [-0.2, 0) is 23.4 Å². The van der Waals surface area contributed by atoms with Crippen molar-refractivity contribution >= 4 is 39.8 Å². The first-order valence-electron chi connectivity index (χ1n) is 7.74. The van der Waals surface area contributed by atoms with Crippen LogP contribution in [0.4, 0.5) is 0 Å². The molecule has 0 unspecified atom stereocenters. The number of rotatable bonds is 6. The third kappa shape index (κ3) is 6.03. The molecule has 1 aromatic carbocycles. The molecule has 1 N–H and O–H groups in total. The van der Waals surface area contributed by atoms with Gasteiger partial charge in [-0.15, -0.1) is 24.0 Å². The second kappa shape index (κ2) is 9.81. The van der Waals surface area contributed by atoms with E-state index < -0.39 is 9.84 Å². The Morgan fingerprint density at radius 3 is 2.44 bits per heavy atom. The molecule has 1 heterocycles. The molecule has 0 radical (unpaired) electrons. The van der Waals surface area contributed by atoms with E-state index in [2.05, 4.69) is 10.3 Å². The molecule has 0 bridgehead atoms. The van der Waals surface area contributed by atoms with Gasteiger partial charge in [0.15, 0.2) is 15.8 Å². The van der Waals surface area contributed by atoms with Crippen LogP contribution in [-0.4, -0.2) is 50.2 Å². The van der Waals surface area contributed by atoms with Gasteiger partial charge in [0.25, 0.3) is 0 Å². The minimum Gasteiger partial charge on any atom is -0.355 e. The summed E-state index contributed by atoms with van der Waals surface area (Å²) in [4.78, 5) is 6.53. The summed E-state index contributed by atoms with van der Waals surface area (Å²) in [5.41, 5.74) is 1.15. The molecule has 0 spiro atoms. The average molecular weight is 476 g/mol. The van der Waals surface area contributed by atoms with E-state index in [9.17, 15) is 8.42 Å². The predicted molar refractivity (Wildman–Crippen MR) is 112 cm³/mol. The summed E-state index contributed by atoms with van der Waals surface area (Å²) in [6, 6.07) is 12.5. The molecular weight excluding hydrogens is 451 g/mol. The first-order chi connectivity index (χ1) is 11.4. The Bertz CT molecular complexity index is 788. The van der Waals surface area contributed by atoms with Gasteiger partial charge in [-0.05, 0) is 24.3 Å². The van der Waals surface area contributed by atoms with Crippen LogP contribution in [0.3, 0.4) is 0 Å². The van der Waals surface area contributed by atoms with Crippen LogP contribution in [0.2, 0.25) is 0 Å². The monoisotopic (exact) mass is 476 g/mol. The van der Waals surface area contributed by atoms with Gasteiger partial charge in [0, 0.05) is 39.6 Å². The highest BCUT2D eigenvalue weighted by molar-refractivity contribution is 14.0. The molecule has 0 saturated heterocycles. The van der Waals surface area contributed by atoms with E-state index in [0.29, 0.717) is 23.9 Å². The zero-order chi connectivity index (χ0) is 17.6. The molecule has 138 valence electrons. The highest BCUT2D eigenvalue weighted by atomic mass is 127. The van der Waals surface area contributed by atoms with Gasteiger partial charge < -0.3 is 14.8 Å². The Morgan fingerprint density at radius 1 is 1.20 bits per heavy atom. The molecule has 0 aliphatic rings. The van der Waals surface area contributed by atoms with Crippen molar-refractivity contribution in [2.45, 2.75) is 11.4 Å². The van der Waals surface area contributed by atoms with Crippen LogP contribution in [0.1, 0.15) is 5.69 Å². The van der Waals surface area contributed by atoms with Crippen molar-refractivity contribution in [2.75, 3.05) is 26.4 Å². The summed E-state index contributed by atoms with van der Waals surface area (Å²) in [5.74, 6) is 0.688. The van der Waals surface area contributed by atoms with Crippen LogP contribution < -0.4 is 5.32 Å². The van der Waals surface area contributed by atoms with E-state index in [1.165, 1.54) is 0 Å². The fourth-order valence-electron chi connectivity index (χ4n) is 2.41. The summed E-state index contributed by atoms with van der Waals surface area (Å²) < 4.78 is 26.6. The van der Waals surface area contributed by atoms with Crippen molar-refractivity contribution in [2.24, 2.45) is 12.0 Å². The number of nitrogens with zero attached hydrogens (tertiary/aromatic N) is 3. The first-order valence-corrected chi connectivity index (χ1v) is 9.39. The molecule has 0 aliphatic carbocycles. The van der Waals surface area contributed by atoms with Gasteiger partial charge in [0.05, 0.1) is 17.2 Å². The molecule has 1 aromatic heterocycles. The van der Waals surface area contributed by atoms with E-state index in [1.807, 2.05) is 41.9 Å². The van der Waals surface area contributed by atoms with Crippen LogP contribution in [0.15, 0.2) is 58.5 Å². The third-order valence-electron chi connectivity index (χ3n) is 3.78. The molecule has 0 saturated carbocycles. The number of hydrogen-bond donors (Lipinski definition) is 1. The average Bonchev–Trinajstić information content (AvgIpc) is 2.97. The van der Waals surface area contributed by atoms with Crippen molar-refractivity contribution in [3.8, 4) is 0 Å². The van der Waals surface area contributed by atoms with Crippen molar-refractivity contribution in [1.29, 1.82) is 0 Å². The summed E-state index contributed by atoms with van der Waals surface area (Å²) in [5, 5.41) is 3.11. The van der Waals surface area contributed by atoms with Crippen LogP contribution in [0.25, 0.3) is 0 Å². The Hall–Kier alpha value is -1.55. The molecule has 0 amide bonds. The van der Waals surface area contributed by atoms with Crippen molar-refractivity contribution < 1.29 is 8.42 Å². The Labute approximate surface area is 166 Å². The van der Waals surface area contributed by atoms with E-state index >= 15 is 0 Å². The fourth-order valence-corrected chi connectivity index (χ4v) is 3.58. The molecule has 8 heteroatoms. The smallest absolute Gasteiger partial charge is 0.193 e. The number of halogens is 1. The lowest BCUT2D eigenvalue weighted by molar-refractivity contribution is 0.463.